The van der Waals surface area contributed by atoms with Crippen LogP contribution in [0.5, 0.6) is 0 Å². The Morgan fingerprint density at radius 2 is 2.21 bits per heavy atom. The van der Waals surface area contributed by atoms with Crippen molar-refractivity contribution in [3.63, 3.8) is 0 Å². The van der Waals surface area contributed by atoms with E-state index in [2.05, 4.69) is 15.0 Å². The first-order chi connectivity index (χ1) is 8.99. The highest BCUT2D eigenvalue weighted by Gasteiger charge is 2.20. The number of rotatable bonds is 3. The summed E-state index contributed by atoms with van der Waals surface area (Å²) in [6.07, 6.45) is 1.27. The second kappa shape index (κ2) is 5.21. The molecular formula is C11H10BFN2O4. The molecule has 0 aliphatic carbocycles. The zero-order valence-corrected chi connectivity index (χ0v) is 9.92. The molecule has 1 aromatic heterocycles. The number of aromatic nitrogens is 1. The quantitative estimate of drug-likeness (QED) is 0.681. The second-order valence-electron chi connectivity index (χ2n) is 3.88. The van der Waals surface area contributed by atoms with E-state index in [1.807, 2.05) is 0 Å². The van der Waals surface area contributed by atoms with Crippen molar-refractivity contribution in [1.29, 1.82) is 0 Å². The van der Waals surface area contributed by atoms with Gasteiger partial charge in [-0.05, 0) is 30.1 Å². The molecular weight excluding hydrogens is 254 g/mol. The van der Waals surface area contributed by atoms with Crippen molar-refractivity contribution in [2.24, 2.45) is 0 Å². The standard InChI is InChI=1S/C11H10BFN2O4/c1-6-8(12(17)18)4-7(5-9(6)13)11(16)14-10-2-3-19-15-10/h2-5,17-18H,1H3,(H,14,15,16). The minimum absolute atomic E-state index is 0.0470. The summed E-state index contributed by atoms with van der Waals surface area (Å²) in [6.45, 7) is 1.39. The molecule has 0 radical (unpaired) electrons. The van der Waals surface area contributed by atoms with E-state index in [-0.39, 0.29) is 22.4 Å². The first-order valence-electron chi connectivity index (χ1n) is 5.37. The summed E-state index contributed by atoms with van der Waals surface area (Å²) in [7, 11) is -1.85. The number of nitrogens with one attached hydrogen (secondary N) is 1. The molecule has 0 fully saturated rings. The fourth-order valence-corrected chi connectivity index (χ4v) is 1.56. The Balaban J connectivity index is 2.32. The zero-order chi connectivity index (χ0) is 14.0. The molecule has 2 aromatic rings. The van der Waals surface area contributed by atoms with E-state index in [1.54, 1.807) is 0 Å². The molecule has 19 heavy (non-hydrogen) atoms. The SMILES string of the molecule is Cc1c(F)cc(C(=O)Nc2ccon2)cc1B(O)O. The van der Waals surface area contributed by atoms with Gasteiger partial charge in [0.05, 0.1) is 0 Å². The van der Waals surface area contributed by atoms with Crippen molar-refractivity contribution < 1.29 is 23.8 Å². The summed E-state index contributed by atoms with van der Waals surface area (Å²) in [6, 6.07) is 3.64. The lowest BCUT2D eigenvalue weighted by molar-refractivity contribution is 0.102. The fraction of sp³-hybridized carbons (Fsp3) is 0.0909. The smallest absolute Gasteiger partial charge is 0.423 e. The first kappa shape index (κ1) is 13.3. The van der Waals surface area contributed by atoms with E-state index < -0.39 is 18.8 Å². The number of benzene rings is 1. The third-order valence-corrected chi connectivity index (χ3v) is 2.60. The number of carbonyl (C=O) groups is 1. The molecule has 1 heterocycles. The Bertz CT molecular complexity index is 601. The van der Waals surface area contributed by atoms with Gasteiger partial charge in [0.2, 0.25) is 0 Å². The minimum atomic E-state index is -1.85. The van der Waals surface area contributed by atoms with Crippen molar-refractivity contribution in [3.8, 4) is 0 Å². The maximum absolute atomic E-state index is 13.6. The van der Waals surface area contributed by atoms with Crippen molar-refractivity contribution in [3.05, 3.63) is 41.4 Å². The molecule has 8 heteroatoms. The number of hydrogen-bond acceptors (Lipinski definition) is 5. The van der Waals surface area contributed by atoms with Gasteiger partial charge in [-0.1, -0.05) is 5.16 Å². The second-order valence-corrected chi connectivity index (χ2v) is 3.88. The molecule has 0 bridgehead atoms. The van der Waals surface area contributed by atoms with Gasteiger partial charge >= 0.3 is 7.12 Å². The Morgan fingerprint density at radius 1 is 1.47 bits per heavy atom. The highest BCUT2D eigenvalue weighted by molar-refractivity contribution is 6.59. The van der Waals surface area contributed by atoms with E-state index in [4.69, 9.17) is 10.0 Å². The topological polar surface area (TPSA) is 95.6 Å². The van der Waals surface area contributed by atoms with Crippen LogP contribution in [0.2, 0.25) is 0 Å². The summed E-state index contributed by atoms with van der Waals surface area (Å²) in [4.78, 5) is 11.8. The van der Waals surface area contributed by atoms with Crippen LogP contribution in [-0.4, -0.2) is 28.2 Å². The van der Waals surface area contributed by atoms with Crippen LogP contribution in [0.3, 0.4) is 0 Å². The van der Waals surface area contributed by atoms with Gasteiger partial charge in [-0.25, -0.2) is 4.39 Å². The van der Waals surface area contributed by atoms with Crippen LogP contribution in [0.1, 0.15) is 15.9 Å². The van der Waals surface area contributed by atoms with Crippen LogP contribution in [0, 0.1) is 12.7 Å². The summed E-state index contributed by atoms with van der Waals surface area (Å²) < 4.78 is 18.1. The molecule has 0 aliphatic heterocycles. The molecule has 0 saturated carbocycles. The Labute approximate surface area is 108 Å². The van der Waals surface area contributed by atoms with Crippen molar-refractivity contribution in [1.82, 2.24) is 5.16 Å². The van der Waals surface area contributed by atoms with Crippen LogP contribution in [0.25, 0.3) is 0 Å². The predicted molar refractivity (Wildman–Crippen MR) is 65.4 cm³/mol. The summed E-state index contributed by atoms with van der Waals surface area (Å²) in [5.74, 6) is -1.15. The average molecular weight is 264 g/mol. The highest BCUT2D eigenvalue weighted by Crippen LogP contribution is 2.10. The van der Waals surface area contributed by atoms with Crippen molar-refractivity contribution in [2.75, 3.05) is 5.32 Å². The third-order valence-electron chi connectivity index (χ3n) is 2.60. The number of nitrogens with zero attached hydrogens (tertiary/aromatic N) is 1. The van der Waals surface area contributed by atoms with Crippen LogP contribution in [0.15, 0.2) is 29.0 Å². The van der Waals surface area contributed by atoms with E-state index in [0.29, 0.717) is 0 Å². The maximum atomic E-state index is 13.6. The summed E-state index contributed by atoms with van der Waals surface area (Å²) in [5.41, 5.74) is -0.0347. The molecule has 0 atom stereocenters. The van der Waals surface area contributed by atoms with Crippen LogP contribution < -0.4 is 10.8 Å². The van der Waals surface area contributed by atoms with Gasteiger partial charge in [-0.15, -0.1) is 0 Å². The molecule has 3 N–H and O–H groups in total. The van der Waals surface area contributed by atoms with Crippen LogP contribution in [0.4, 0.5) is 10.2 Å². The van der Waals surface area contributed by atoms with Crippen LogP contribution >= 0.6 is 0 Å². The lowest BCUT2D eigenvalue weighted by atomic mass is 9.76. The van der Waals surface area contributed by atoms with E-state index in [9.17, 15) is 9.18 Å². The fourth-order valence-electron chi connectivity index (χ4n) is 1.56. The molecule has 98 valence electrons. The highest BCUT2D eigenvalue weighted by atomic mass is 19.1. The van der Waals surface area contributed by atoms with Gasteiger partial charge in [0.1, 0.15) is 12.1 Å². The van der Waals surface area contributed by atoms with Gasteiger partial charge in [0.25, 0.3) is 5.91 Å². The lowest BCUT2D eigenvalue weighted by Gasteiger charge is -2.09. The summed E-state index contributed by atoms with van der Waals surface area (Å²) in [5, 5.41) is 24.1. The molecule has 6 nitrogen and oxygen atoms in total. The molecule has 0 spiro atoms. The lowest BCUT2D eigenvalue weighted by Crippen LogP contribution is -2.34. The normalized spacial score (nSPS) is 10.3. The number of anilines is 1. The van der Waals surface area contributed by atoms with Gasteiger partial charge < -0.3 is 19.9 Å². The monoisotopic (exact) mass is 264 g/mol. The molecule has 1 aromatic carbocycles. The number of halogens is 1. The number of hydrogen-bond donors (Lipinski definition) is 3. The van der Waals surface area contributed by atoms with E-state index in [0.717, 1.165) is 6.07 Å². The van der Waals surface area contributed by atoms with Gasteiger partial charge in [-0.3, -0.25) is 4.79 Å². The Hall–Kier alpha value is -2.19. The summed E-state index contributed by atoms with van der Waals surface area (Å²) >= 11 is 0. The average Bonchev–Trinajstić information content (AvgIpc) is 2.84. The van der Waals surface area contributed by atoms with Crippen LogP contribution in [-0.2, 0) is 0 Å². The Morgan fingerprint density at radius 3 is 2.79 bits per heavy atom. The Kier molecular flexibility index (Phi) is 3.63. The van der Waals surface area contributed by atoms with Crippen molar-refractivity contribution >= 4 is 24.3 Å². The molecule has 0 aliphatic rings. The van der Waals surface area contributed by atoms with E-state index in [1.165, 1.54) is 25.3 Å². The van der Waals surface area contributed by atoms with Gasteiger partial charge in [-0.2, -0.15) is 0 Å². The van der Waals surface area contributed by atoms with Gasteiger partial charge in [0.15, 0.2) is 5.82 Å². The van der Waals surface area contributed by atoms with Gasteiger partial charge in [0, 0.05) is 11.6 Å². The predicted octanol–water partition coefficient (Wildman–Crippen LogP) is 0.0542. The molecule has 1 amide bonds. The minimum Gasteiger partial charge on any atom is -0.423 e. The zero-order valence-electron chi connectivity index (χ0n) is 9.92. The maximum Gasteiger partial charge on any atom is 0.488 e. The molecule has 0 saturated heterocycles. The molecule has 0 unspecified atom stereocenters. The first-order valence-corrected chi connectivity index (χ1v) is 5.37. The third kappa shape index (κ3) is 2.80. The number of carbonyl (C=O) groups excluding carboxylic acids is 1. The van der Waals surface area contributed by atoms with Crippen molar-refractivity contribution in [2.45, 2.75) is 6.92 Å². The number of amides is 1. The molecule has 2 rings (SSSR count). The largest absolute Gasteiger partial charge is 0.488 e. The van der Waals surface area contributed by atoms with E-state index >= 15 is 0 Å².